The molecule has 0 radical (unpaired) electrons. The highest BCUT2D eigenvalue weighted by molar-refractivity contribution is 6.31. The molecule has 4 aromatic rings. The number of carbonyl (C=O) groups excluding carboxylic acids is 1. The molecule has 3 aromatic carbocycles. The van der Waals surface area contributed by atoms with Crippen molar-refractivity contribution in [3.8, 4) is 0 Å². The van der Waals surface area contributed by atoms with Gasteiger partial charge in [-0.1, -0.05) is 78.3 Å². The van der Waals surface area contributed by atoms with Crippen molar-refractivity contribution in [1.29, 1.82) is 0 Å². The van der Waals surface area contributed by atoms with Crippen LogP contribution in [0.1, 0.15) is 42.0 Å². The van der Waals surface area contributed by atoms with Crippen LogP contribution >= 0.6 is 11.6 Å². The SMILES string of the molecule is C[C@H](NC(=O)C[C@@H](c1ccccc1Cl)c1c[nH]c2ccccc12)c1ccccc1. The second-order valence-corrected chi connectivity index (χ2v) is 7.67. The summed E-state index contributed by atoms with van der Waals surface area (Å²) in [6, 6.07) is 25.8. The maximum Gasteiger partial charge on any atom is 0.221 e. The summed E-state index contributed by atoms with van der Waals surface area (Å²) in [6.07, 6.45) is 2.31. The van der Waals surface area contributed by atoms with E-state index in [0.29, 0.717) is 11.4 Å². The molecule has 0 aliphatic heterocycles. The third-order valence-electron chi connectivity index (χ3n) is 5.34. The van der Waals surface area contributed by atoms with Crippen molar-refractivity contribution in [2.24, 2.45) is 0 Å². The zero-order chi connectivity index (χ0) is 20.2. The lowest BCUT2D eigenvalue weighted by Gasteiger charge is -2.20. The standard InChI is InChI=1S/C25H23ClN2O/c1-17(18-9-3-2-4-10-18)28-25(29)15-21(19-11-5-7-13-23(19)26)22-16-27-24-14-8-6-12-20(22)24/h2-14,16-17,21,27H,15H2,1H3,(H,28,29)/t17-,21-/m0/s1. The van der Waals surface area contributed by atoms with Gasteiger partial charge in [0.25, 0.3) is 0 Å². The molecule has 0 spiro atoms. The Morgan fingerprint density at radius 1 is 0.931 bits per heavy atom. The van der Waals surface area contributed by atoms with Crippen molar-refractivity contribution in [1.82, 2.24) is 10.3 Å². The van der Waals surface area contributed by atoms with E-state index in [1.165, 1.54) is 0 Å². The van der Waals surface area contributed by atoms with E-state index in [1.54, 1.807) is 0 Å². The molecule has 3 nitrogen and oxygen atoms in total. The van der Waals surface area contributed by atoms with E-state index < -0.39 is 0 Å². The van der Waals surface area contributed by atoms with Gasteiger partial charge in [0.15, 0.2) is 0 Å². The number of rotatable bonds is 6. The average molecular weight is 403 g/mol. The normalized spacial score (nSPS) is 13.2. The van der Waals surface area contributed by atoms with E-state index in [4.69, 9.17) is 11.6 Å². The Morgan fingerprint density at radius 2 is 1.62 bits per heavy atom. The highest BCUT2D eigenvalue weighted by Gasteiger charge is 2.24. The van der Waals surface area contributed by atoms with Crippen LogP contribution in [0.15, 0.2) is 85.1 Å². The van der Waals surface area contributed by atoms with Crippen LogP contribution in [0.4, 0.5) is 0 Å². The molecule has 146 valence electrons. The van der Waals surface area contributed by atoms with Gasteiger partial charge in [-0.2, -0.15) is 0 Å². The molecule has 1 heterocycles. The number of hydrogen-bond donors (Lipinski definition) is 2. The fourth-order valence-corrected chi connectivity index (χ4v) is 4.11. The van der Waals surface area contributed by atoms with E-state index in [1.807, 2.05) is 85.9 Å². The molecule has 2 N–H and O–H groups in total. The molecule has 0 saturated carbocycles. The van der Waals surface area contributed by atoms with Crippen LogP contribution in [0.5, 0.6) is 0 Å². The molecule has 1 aromatic heterocycles. The summed E-state index contributed by atoms with van der Waals surface area (Å²) in [4.78, 5) is 16.3. The number of hydrogen-bond acceptors (Lipinski definition) is 1. The first-order valence-corrected chi connectivity index (χ1v) is 10.2. The maximum atomic E-state index is 13.0. The van der Waals surface area contributed by atoms with Crippen LogP contribution in [0.25, 0.3) is 10.9 Å². The van der Waals surface area contributed by atoms with Crippen molar-refractivity contribution in [2.45, 2.75) is 25.3 Å². The van der Waals surface area contributed by atoms with Gasteiger partial charge in [-0.3, -0.25) is 4.79 Å². The average Bonchev–Trinajstić information content (AvgIpc) is 3.17. The van der Waals surface area contributed by atoms with Crippen molar-refractivity contribution in [2.75, 3.05) is 0 Å². The maximum absolute atomic E-state index is 13.0. The van der Waals surface area contributed by atoms with E-state index in [2.05, 4.69) is 16.4 Å². The molecule has 0 unspecified atom stereocenters. The van der Waals surface area contributed by atoms with E-state index in [9.17, 15) is 4.79 Å². The van der Waals surface area contributed by atoms with Crippen molar-refractivity contribution >= 4 is 28.4 Å². The first kappa shape index (κ1) is 19.3. The van der Waals surface area contributed by atoms with Gasteiger partial charge in [0, 0.05) is 34.5 Å². The van der Waals surface area contributed by atoms with Crippen molar-refractivity contribution in [3.05, 3.63) is 107 Å². The molecular weight excluding hydrogens is 380 g/mol. The second kappa shape index (κ2) is 8.54. The number of fused-ring (bicyclic) bond motifs is 1. The number of benzene rings is 3. The lowest BCUT2D eigenvalue weighted by atomic mass is 9.87. The number of halogens is 1. The Labute approximate surface area is 175 Å². The number of H-pyrrole nitrogens is 1. The summed E-state index contributed by atoms with van der Waals surface area (Å²) < 4.78 is 0. The van der Waals surface area contributed by atoms with Crippen LogP contribution in [0, 0.1) is 0 Å². The second-order valence-electron chi connectivity index (χ2n) is 7.27. The van der Waals surface area contributed by atoms with Crippen LogP contribution in [-0.2, 0) is 4.79 Å². The number of carbonyl (C=O) groups is 1. The first-order chi connectivity index (χ1) is 14.1. The lowest BCUT2D eigenvalue weighted by molar-refractivity contribution is -0.121. The van der Waals surface area contributed by atoms with Crippen LogP contribution in [0.2, 0.25) is 5.02 Å². The highest BCUT2D eigenvalue weighted by atomic mass is 35.5. The molecule has 0 saturated heterocycles. The Kier molecular flexibility index (Phi) is 5.68. The molecule has 0 fully saturated rings. The fraction of sp³-hybridized carbons (Fsp3) is 0.160. The summed E-state index contributed by atoms with van der Waals surface area (Å²) in [7, 11) is 0. The summed E-state index contributed by atoms with van der Waals surface area (Å²) in [5, 5.41) is 4.92. The van der Waals surface area contributed by atoms with E-state index in [-0.39, 0.29) is 17.9 Å². The summed E-state index contributed by atoms with van der Waals surface area (Å²) in [5.74, 6) is -0.139. The van der Waals surface area contributed by atoms with Gasteiger partial charge in [-0.15, -0.1) is 0 Å². The predicted molar refractivity (Wildman–Crippen MR) is 119 cm³/mol. The largest absolute Gasteiger partial charge is 0.361 e. The van der Waals surface area contributed by atoms with Gasteiger partial charge in [-0.25, -0.2) is 0 Å². The van der Waals surface area contributed by atoms with Gasteiger partial charge in [0.2, 0.25) is 5.91 Å². The molecule has 1 amide bonds. The van der Waals surface area contributed by atoms with Crippen LogP contribution < -0.4 is 5.32 Å². The molecule has 0 bridgehead atoms. The molecule has 2 atom stereocenters. The number of amides is 1. The third-order valence-corrected chi connectivity index (χ3v) is 5.69. The number of nitrogens with one attached hydrogen (secondary N) is 2. The first-order valence-electron chi connectivity index (χ1n) is 9.78. The smallest absolute Gasteiger partial charge is 0.221 e. The summed E-state index contributed by atoms with van der Waals surface area (Å²) in [6.45, 7) is 2.00. The van der Waals surface area contributed by atoms with Crippen molar-refractivity contribution < 1.29 is 4.79 Å². The van der Waals surface area contributed by atoms with Gasteiger partial charge in [-0.05, 0) is 35.7 Å². The molecule has 0 aliphatic carbocycles. The lowest BCUT2D eigenvalue weighted by Crippen LogP contribution is -2.28. The third kappa shape index (κ3) is 4.20. The minimum Gasteiger partial charge on any atom is -0.361 e. The predicted octanol–water partition coefficient (Wildman–Crippen LogP) is 6.22. The molecule has 4 rings (SSSR count). The molecular formula is C25H23ClN2O. The molecule has 0 aliphatic rings. The van der Waals surface area contributed by atoms with Gasteiger partial charge < -0.3 is 10.3 Å². The fourth-order valence-electron chi connectivity index (χ4n) is 3.84. The van der Waals surface area contributed by atoms with E-state index in [0.717, 1.165) is 27.6 Å². The van der Waals surface area contributed by atoms with Gasteiger partial charge in [0.1, 0.15) is 0 Å². The Bertz CT molecular complexity index is 1120. The molecule has 29 heavy (non-hydrogen) atoms. The minimum atomic E-state index is -0.136. The summed E-state index contributed by atoms with van der Waals surface area (Å²) >= 11 is 6.53. The van der Waals surface area contributed by atoms with Crippen LogP contribution in [0.3, 0.4) is 0 Å². The number of para-hydroxylation sites is 1. The van der Waals surface area contributed by atoms with Gasteiger partial charge >= 0.3 is 0 Å². The quantitative estimate of drug-likeness (QED) is 0.395. The van der Waals surface area contributed by atoms with Gasteiger partial charge in [0.05, 0.1) is 6.04 Å². The highest BCUT2D eigenvalue weighted by Crippen LogP contribution is 2.36. The zero-order valence-corrected chi connectivity index (χ0v) is 17.0. The minimum absolute atomic E-state index is 0.00319. The van der Waals surface area contributed by atoms with Crippen LogP contribution in [-0.4, -0.2) is 10.9 Å². The Morgan fingerprint density at radius 3 is 2.41 bits per heavy atom. The van der Waals surface area contributed by atoms with E-state index >= 15 is 0 Å². The monoisotopic (exact) mass is 402 g/mol. The Balaban J connectivity index is 1.64. The number of aromatic amines is 1. The zero-order valence-electron chi connectivity index (χ0n) is 16.2. The summed E-state index contributed by atoms with van der Waals surface area (Å²) in [5.41, 5.74) is 4.18. The molecule has 4 heteroatoms. The van der Waals surface area contributed by atoms with Crippen molar-refractivity contribution in [3.63, 3.8) is 0 Å². The Hall–Kier alpha value is -3.04. The number of aromatic nitrogens is 1. The topological polar surface area (TPSA) is 44.9 Å².